The van der Waals surface area contributed by atoms with E-state index in [1.54, 1.807) is 0 Å². The van der Waals surface area contributed by atoms with Crippen molar-refractivity contribution in [1.29, 1.82) is 0 Å². The van der Waals surface area contributed by atoms with Crippen LogP contribution < -0.4 is 0 Å². The lowest BCUT2D eigenvalue weighted by Crippen LogP contribution is -2.60. The normalized spacial score (nSPS) is 41.3. The van der Waals surface area contributed by atoms with Gasteiger partial charge >= 0.3 is 5.97 Å². The first-order valence-electron chi connectivity index (χ1n) is 9.72. The topological polar surface area (TPSA) is 55.8 Å². The van der Waals surface area contributed by atoms with E-state index in [4.69, 9.17) is 9.16 Å². The van der Waals surface area contributed by atoms with Gasteiger partial charge in [0.25, 0.3) is 0 Å². The van der Waals surface area contributed by atoms with Gasteiger partial charge in [0.2, 0.25) is 0 Å². The lowest BCUT2D eigenvalue weighted by atomic mass is 9.52. The molecule has 4 rings (SSSR count). The molecule has 0 aliphatic heterocycles. The van der Waals surface area contributed by atoms with Gasteiger partial charge in [0.05, 0.1) is 18.8 Å². The molecule has 4 nitrogen and oxygen atoms in total. The van der Waals surface area contributed by atoms with Crippen molar-refractivity contribution in [2.24, 2.45) is 23.2 Å². The zero-order valence-corrected chi connectivity index (χ0v) is 18.0. The number of hydrogen-bond acceptors (Lipinski definition) is 4. The summed E-state index contributed by atoms with van der Waals surface area (Å²) in [5.41, 5.74) is -1.75. The molecule has 0 aromatic rings. The molecule has 0 aromatic heterocycles. The monoisotopic (exact) mass is 378 g/mol. The minimum Gasteiger partial charge on any atom is -0.468 e. The summed E-state index contributed by atoms with van der Waals surface area (Å²) in [6.07, 6.45) is 7.61. The second kappa shape index (κ2) is 6.04. The van der Waals surface area contributed by atoms with Crippen LogP contribution in [-0.4, -0.2) is 38.2 Å². The van der Waals surface area contributed by atoms with Crippen LogP contribution in [-0.2, 0) is 14.0 Å². The highest BCUT2D eigenvalue weighted by molar-refractivity contribution is 6.74. The van der Waals surface area contributed by atoms with E-state index in [-0.39, 0.29) is 34.9 Å². The van der Waals surface area contributed by atoms with Crippen molar-refractivity contribution in [3.63, 3.8) is 0 Å². The number of aliphatic hydroxyl groups is 1. The van der Waals surface area contributed by atoms with E-state index in [9.17, 15) is 9.90 Å². The fraction of sp³-hybridized carbons (Fsp3) is 0.762. The van der Waals surface area contributed by atoms with Crippen LogP contribution >= 0.6 is 0 Å². The van der Waals surface area contributed by atoms with Crippen LogP contribution in [0.4, 0.5) is 0 Å². The Hall–Kier alpha value is -0.913. The van der Waals surface area contributed by atoms with E-state index in [0.717, 1.165) is 12.8 Å². The van der Waals surface area contributed by atoms with E-state index >= 15 is 0 Å². The number of rotatable bonds is 5. The number of ether oxygens (including phenoxy) is 1. The Labute approximate surface area is 158 Å². The zero-order valence-electron chi connectivity index (χ0n) is 17.0. The van der Waals surface area contributed by atoms with Crippen LogP contribution in [0.1, 0.15) is 40.0 Å². The Morgan fingerprint density at radius 1 is 1.42 bits per heavy atom. The van der Waals surface area contributed by atoms with Gasteiger partial charge in [-0.25, -0.2) is 0 Å². The first-order chi connectivity index (χ1) is 11.9. The minimum absolute atomic E-state index is 0.0628. The molecule has 146 valence electrons. The average Bonchev–Trinajstić information content (AvgIpc) is 2.80. The molecule has 2 fully saturated rings. The van der Waals surface area contributed by atoms with Crippen molar-refractivity contribution < 1.29 is 19.1 Å². The molecule has 26 heavy (non-hydrogen) atoms. The Morgan fingerprint density at radius 3 is 2.62 bits per heavy atom. The van der Waals surface area contributed by atoms with Crippen LogP contribution in [0.3, 0.4) is 0 Å². The molecular formula is C21H34O4Si. The molecule has 2 saturated carbocycles. The van der Waals surface area contributed by atoms with E-state index in [1.807, 2.05) is 12.2 Å². The van der Waals surface area contributed by atoms with Crippen molar-refractivity contribution in [3.8, 4) is 0 Å². The first-order valence-corrected chi connectivity index (χ1v) is 12.6. The number of allylic oxidation sites excluding steroid dienone is 2. The Balaban J connectivity index is 2.04. The predicted molar refractivity (Wildman–Crippen MR) is 105 cm³/mol. The van der Waals surface area contributed by atoms with Crippen molar-refractivity contribution in [3.05, 3.63) is 24.8 Å². The summed E-state index contributed by atoms with van der Waals surface area (Å²) in [6, 6.07) is 0. The minimum atomic E-state index is -2.06. The van der Waals surface area contributed by atoms with E-state index < -0.39 is 19.3 Å². The molecule has 0 radical (unpaired) electrons. The number of hydrogen-bond donors (Lipinski definition) is 1. The maximum Gasteiger partial charge on any atom is 0.315 e. The molecule has 0 saturated heterocycles. The molecule has 2 unspecified atom stereocenters. The highest BCUT2D eigenvalue weighted by atomic mass is 28.4. The van der Waals surface area contributed by atoms with Gasteiger partial charge in [-0.3, -0.25) is 4.79 Å². The lowest BCUT2D eigenvalue weighted by molar-refractivity contribution is -0.176. The molecule has 0 aromatic carbocycles. The maximum atomic E-state index is 13.0. The van der Waals surface area contributed by atoms with Crippen molar-refractivity contribution in [2.45, 2.75) is 69.9 Å². The standard InChI is InChI=1S/C21H34O4Si/c1-8-9-15-14-12-17(25-26(6,7)19(2,3)4)21(18(22)24-5)13-20(15,23)11-10-16(14)21/h8,10-11,14-17,23H,1,9,12-13H2,2-7H3/t14-,15?,16+,17?,20-,21-/m1/s1. The van der Waals surface area contributed by atoms with Gasteiger partial charge in [-0.1, -0.05) is 39.0 Å². The number of carbonyl (C=O) groups is 1. The summed E-state index contributed by atoms with van der Waals surface area (Å²) in [5, 5.41) is 11.5. The lowest BCUT2D eigenvalue weighted by Gasteiger charge is -2.54. The summed E-state index contributed by atoms with van der Waals surface area (Å²) in [7, 11) is -0.612. The Morgan fingerprint density at radius 2 is 2.08 bits per heavy atom. The second-order valence-corrected chi connectivity index (χ2v) is 14.7. The SMILES string of the molecule is C=CCC1[C@H]2CC(O[Si](C)(C)C(C)(C)C)[C@@]3(C(=O)OC)C[C@]1(O)C=C[C@@H]23. The second-order valence-electron chi connectivity index (χ2n) is 9.98. The molecular weight excluding hydrogens is 344 g/mol. The molecule has 5 heteroatoms. The molecule has 0 amide bonds. The fourth-order valence-electron chi connectivity index (χ4n) is 5.36. The number of esters is 1. The molecule has 0 heterocycles. The summed E-state index contributed by atoms with van der Waals surface area (Å²) < 4.78 is 12.1. The summed E-state index contributed by atoms with van der Waals surface area (Å²) in [4.78, 5) is 13.0. The van der Waals surface area contributed by atoms with E-state index in [1.165, 1.54) is 7.11 Å². The van der Waals surface area contributed by atoms with E-state index in [0.29, 0.717) is 6.42 Å². The summed E-state index contributed by atoms with van der Waals surface area (Å²) >= 11 is 0. The third kappa shape index (κ3) is 2.58. The van der Waals surface area contributed by atoms with Gasteiger partial charge in [0.15, 0.2) is 8.32 Å². The zero-order chi connectivity index (χ0) is 19.5. The molecule has 4 aliphatic carbocycles. The van der Waals surface area contributed by atoms with Crippen molar-refractivity contribution in [1.82, 2.24) is 0 Å². The quantitative estimate of drug-likeness (QED) is 0.445. The Kier molecular flexibility index (Phi) is 4.61. The molecule has 6 atom stereocenters. The number of methoxy groups -OCH3 is 1. The molecule has 4 bridgehead atoms. The van der Waals surface area contributed by atoms with Gasteiger partial charge < -0.3 is 14.3 Å². The first kappa shape index (κ1) is 19.8. The van der Waals surface area contributed by atoms with Gasteiger partial charge in [-0.05, 0) is 55.1 Å². The summed E-state index contributed by atoms with van der Waals surface area (Å²) in [6.45, 7) is 15.0. The van der Waals surface area contributed by atoms with Crippen molar-refractivity contribution in [2.75, 3.05) is 7.11 Å². The van der Waals surface area contributed by atoms with Gasteiger partial charge in [0.1, 0.15) is 5.41 Å². The van der Waals surface area contributed by atoms with Crippen molar-refractivity contribution >= 4 is 14.3 Å². The predicted octanol–water partition coefficient (Wildman–Crippen LogP) is 4.07. The van der Waals surface area contributed by atoms with E-state index in [2.05, 4.69) is 46.5 Å². The average molecular weight is 379 g/mol. The van der Waals surface area contributed by atoms with Gasteiger partial charge in [0, 0.05) is 0 Å². The van der Waals surface area contributed by atoms with Crippen LogP contribution in [0, 0.1) is 23.2 Å². The number of carbonyl (C=O) groups excluding carboxylic acids is 1. The van der Waals surface area contributed by atoms with Crippen LogP contribution in [0.5, 0.6) is 0 Å². The highest BCUT2D eigenvalue weighted by Crippen LogP contribution is 2.66. The fourth-order valence-corrected chi connectivity index (χ4v) is 6.73. The van der Waals surface area contributed by atoms with Crippen LogP contribution in [0.2, 0.25) is 18.1 Å². The van der Waals surface area contributed by atoms with Gasteiger partial charge in [-0.15, -0.1) is 6.58 Å². The molecule has 0 spiro atoms. The summed E-state index contributed by atoms with van der Waals surface area (Å²) in [5.74, 6) is 0.170. The smallest absolute Gasteiger partial charge is 0.315 e. The third-order valence-electron chi connectivity index (χ3n) is 7.67. The Bertz CT molecular complexity index is 634. The van der Waals surface area contributed by atoms with Crippen LogP contribution in [0.15, 0.2) is 24.8 Å². The largest absolute Gasteiger partial charge is 0.468 e. The molecule has 4 aliphatic rings. The van der Waals surface area contributed by atoms with Crippen LogP contribution in [0.25, 0.3) is 0 Å². The molecule has 1 N–H and O–H groups in total. The third-order valence-corrected chi connectivity index (χ3v) is 12.2. The van der Waals surface area contributed by atoms with Gasteiger partial charge in [-0.2, -0.15) is 0 Å². The highest BCUT2D eigenvalue weighted by Gasteiger charge is 2.71. The maximum absolute atomic E-state index is 13.0.